The average Bonchev–Trinajstić information content (AvgIpc) is 3.16. The van der Waals surface area contributed by atoms with Gasteiger partial charge in [0.05, 0.1) is 17.8 Å². The summed E-state index contributed by atoms with van der Waals surface area (Å²) >= 11 is 0. The van der Waals surface area contributed by atoms with Crippen LogP contribution >= 0.6 is 0 Å². The highest BCUT2D eigenvalue weighted by molar-refractivity contribution is 5.96. The Hall–Kier alpha value is -4.63. The Kier molecular flexibility index (Phi) is 11.5. The first-order chi connectivity index (χ1) is 25.7. The summed E-state index contributed by atoms with van der Waals surface area (Å²) in [6.45, 7) is 11.4. The molecule has 1 saturated carbocycles. The summed E-state index contributed by atoms with van der Waals surface area (Å²) < 4.78 is 18.1. The van der Waals surface area contributed by atoms with Gasteiger partial charge in [0.1, 0.15) is 24.2 Å². The number of nitrogens with zero attached hydrogens (tertiary/aromatic N) is 3. The molecule has 2 fully saturated rings. The van der Waals surface area contributed by atoms with Crippen LogP contribution in [0.3, 0.4) is 0 Å². The number of para-hydroxylation sites is 1. The van der Waals surface area contributed by atoms with Crippen LogP contribution in [0.5, 0.6) is 5.75 Å². The first-order valence-corrected chi connectivity index (χ1v) is 19.6. The number of hydroxylamine groups is 2. The molecule has 0 bridgehead atoms. The van der Waals surface area contributed by atoms with Gasteiger partial charge in [-0.2, -0.15) is 4.99 Å². The molecule has 0 amide bonds. The fraction of sp³-hybridized carbons (Fsp3) is 0.477. The van der Waals surface area contributed by atoms with E-state index in [0.29, 0.717) is 59.9 Å². The van der Waals surface area contributed by atoms with E-state index in [9.17, 15) is 9.59 Å². The lowest BCUT2D eigenvalue weighted by molar-refractivity contribution is -0.134. The van der Waals surface area contributed by atoms with Gasteiger partial charge in [-0.3, -0.25) is 9.63 Å². The van der Waals surface area contributed by atoms with E-state index in [0.717, 1.165) is 49.9 Å². The third kappa shape index (κ3) is 8.78. The monoisotopic (exact) mass is 719 g/mol. The molecule has 0 aromatic heterocycles. The molecule has 0 N–H and O–H groups in total. The predicted octanol–water partition coefficient (Wildman–Crippen LogP) is 8.85. The summed E-state index contributed by atoms with van der Waals surface area (Å²) in [4.78, 5) is 39.4. The number of ether oxygens (including phenoxy) is 3. The number of aryl methyl sites for hydroxylation is 2. The number of carbonyl (C=O) groups excluding carboxylic acids is 2. The molecule has 280 valence electrons. The summed E-state index contributed by atoms with van der Waals surface area (Å²) in [5, 5.41) is 1.66. The van der Waals surface area contributed by atoms with Gasteiger partial charge >= 0.3 is 18.0 Å². The van der Waals surface area contributed by atoms with E-state index in [2.05, 4.69) is 43.9 Å². The fourth-order valence-corrected chi connectivity index (χ4v) is 8.09. The normalized spacial score (nSPS) is 22.8. The summed E-state index contributed by atoms with van der Waals surface area (Å²) in [5.41, 5.74) is 7.24. The van der Waals surface area contributed by atoms with Crippen molar-refractivity contribution in [2.75, 3.05) is 31.1 Å². The Morgan fingerprint density at radius 1 is 1.00 bits per heavy atom. The van der Waals surface area contributed by atoms with Crippen LogP contribution in [0.1, 0.15) is 98.8 Å². The van der Waals surface area contributed by atoms with E-state index in [-0.39, 0.29) is 30.7 Å². The minimum Gasteiger partial charge on any atom is -0.458 e. The molecule has 3 unspecified atom stereocenters. The summed E-state index contributed by atoms with van der Waals surface area (Å²) in [7, 11) is 0. The van der Waals surface area contributed by atoms with Gasteiger partial charge in [-0.25, -0.2) is 9.86 Å². The largest absolute Gasteiger partial charge is 0.458 e. The average molecular weight is 720 g/mol. The smallest absolute Gasteiger partial charge is 0.340 e. The molecule has 1 saturated heterocycles. The van der Waals surface area contributed by atoms with Gasteiger partial charge in [-0.15, -0.1) is 0 Å². The second kappa shape index (κ2) is 16.6. The number of carbonyl (C=O) groups is 2. The van der Waals surface area contributed by atoms with Gasteiger partial charge in [-0.05, 0) is 134 Å². The molecule has 4 aliphatic rings. The highest BCUT2D eigenvalue weighted by Gasteiger charge is 2.33. The van der Waals surface area contributed by atoms with Gasteiger partial charge < -0.3 is 19.1 Å². The van der Waals surface area contributed by atoms with Gasteiger partial charge in [0, 0.05) is 25.2 Å². The number of hydrogen-bond acceptors (Lipinski definition) is 8. The van der Waals surface area contributed by atoms with Gasteiger partial charge in [0.2, 0.25) is 0 Å². The lowest BCUT2D eigenvalue weighted by atomic mass is 9.76. The van der Waals surface area contributed by atoms with Crippen molar-refractivity contribution in [2.24, 2.45) is 22.7 Å². The lowest BCUT2D eigenvalue weighted by Crippen LogP contribution is -2.40. The lowest BCUT2D eigenvalue weighted by Gasteiger charge is -2.37. The molecule has 9 nitrogen and oxygen atoms in total. The zero-order valence-corrected chi connectivity index (χ0v) is 31.6. The molecular weight excluding hydrogens is 666 g/mol. The van der Waals surface area contributed by atoms with E-state index in [1.54, 1.807) is 30.2 Å². The highest BCUT2D eigenvalue weighted by atomic mass is 16.7. The summed E-state index contributed by atoms with van der Waals surface area (Å²) in [6, 6.07) is 19.6. The van der Waals surface area contributed by atoms with E-state index in [1.165, 1.54) is 36.1 Å². The SMILES string of the molecule is CCC(=O)Oc1ccc(CCN2OC/C(=C\c3cc4c5c(c3)CCCN5CCC4)O/C2=N\c2ccccc2C(=O)OC2CC(C(C)C)CCC2C)cc1. The number of anilines is 1. The highest BCUT2D eigenvalue weighted by Crippen LogP contribution is 2.38. The minimum atomic E-state index is -0.369. The van der Waals surface area contributed by atoms with Crippen LogP contribution in [0.15, 0.2) is 71.4 Å². The third-order valence-electron chi connectivity index (χ3n) is 11.2. The molecule has 53 heavy (non-hydrogen) atoms. The van der Waals surface area contributed by atoms with Crippen LogP contribution < -0.4 is 9.64 Å². The first kappa shape index (κ1) is 36.7. The molecule has 0 spiro atoms. The topological polar surface area (TPSA) is 89.9 Å². The predicted molar refractivity (Wildman–Crippen MR) is 207 cm³/mol. The molecule has 9 heteroatoms. The van der Waals surface area contributed by atoms with Crippen molar-refractivity contribution in [3.63, 3.8) is 0 Å². The Bertz CT molecular complexity index is 1820. The maximum Gasteiger partial charge on any atom is 0.340 e. The van der Waals surface area contributed by atoms with E-state index < -0.39 is 0 Å². The molecule has 1 aliphatic carbocycles. The number of amidine groups is 1. The number of aliphatic imine (C=N–C) groups is 1. The minimum absolute atomic E-state index is 0.129. The van der Waals surface area contributed by atoms with E-state index in [4.69, 9.17) is 24.0 Å². The quantitative estimate of drug-likeness (QED) is 0.152. The molecule has 3 atom stereocenters. The van der Waals surface area contributed by atoms with Gasteiger partial charge in [0.15, 0.2) is 0 Å². The second-order valence-corrected chi connectivity index (χ2v) is 15.3. The number of hydrogen-bond donors (Lipinski definition) is 0. The van der Waals surface area contributed by atoms with Crippen LogP contribution in [0.25, 0.3) is 6.08 Å². The van der Waals surface area contributed by atoms with E-state index >= 15 is 0 Å². The van der Waals surface area contributed by atoms with Crippen molar-refractivity contribution in [1.29, 1.82) is 0 Å². The van der Waals surface area contributed by atoms with Crippen LogP contribution in [-0.2, 0) is 38.4 Å². The Balaban J connectivity index is 1.14. The van der Waals surface area contributed by atoms with Crippen molar-refractivity contribution >= 4 is 35.4 Å². The Morgan fingerprint density at radius 3 is 2.45 bits per heavy atom. The third-order valence-corrected chi connectivity index (χ3v) is 11.2. The number of benzene rings is 3. The Labute approximate surface area is 313 Å². The molecule has 3 aromatic rings. The van der Waals surface area contributed by atoms with Crippen LogP contribution in [-0.4, -0.2) is 55.4 Å². The van der Waals surface area contributed by atoms with Crippen molar-refractivity contribution in [3.05, 3.63) is 94.2 Å². The van der Waals surface area contributed by atoms with E-state index in [1.807, 2.05) is 30.3 Å². The van der Waals surface area contributed by atoms with Crippen molar-refractivity contribution in [3.8, 4) is 5.75 Å². The molecule has 3 heterocycles. The Morgan fingerprint density at radius 2 is 1.74 bits per heavy atom. The maximum absolute atomic E-state index is 13.8. The summed E-state index contributed by atoms with van der Waals surface area (Å²) in [5.74, 6) is 1.93. The van der Waals surface area contributed by atoms with Crippen LogP contribution in [0.2, 0.25) is 0 Å². The number of esters is 2. The molecule has 3 aromatic carbocycles. The second-order valence-electron chi connectivity index (χ2n) is 15.3. The van der Waals surface area contributed by atoms with Gasteiger partial charge in [-0.1, -0.05) is 52.0 Å². The molecule has 0 radical (unpaired) electrons. The maximum atomic E-state index is 13.8. The first-order valence-electron chi connectivity index (χ1n) is 19.6. The van der Waals surface area contributed by atoms with Crippen molar-refractivity contribution in [1.82, 2.24) is 5.06 Å². The zero-order valence-electron chi connectivity index (χ0n) is 31.6. The fourth-order valence-electron chi connectivity index (χ4n) is 8.09. The zero-order chi connectivity index (χ0) is 36.9. The summed E-state index contributed by atoms with van der Waals surface area (Å²) in [6.07, 6.45) is 10.5. The molecule has 7 rings (SSSR count). The van der Waals surface area contributed by atoms with Crippen molar-refractivity contribution < 1.29 is 28.6 Å². The number of rotatable bonds is 10. The molecule has 3 aliphatic heterocycles. The van der Waals surface area contributed by atoms with Crippen molar-refractivity contribution in [2.45, 2.75) is 91.6 Å². The molecular formula is C44H53N3O6. The standard InChI is InChI=1S/C44H53N3O6/c1-5-41(48)51-36-18-15-31(16-19-36)20-23-47-44(45-39-13-7-6-12-38(39)43(49)53-40-27-33(29(2)3)17-14-30(40)4)52-37(28-50-47)26-32-24-34-10-8-21-46-22-9-11-35(25-32)42(34)46/h6-7,12-13,15-16,18-19,24-26,29-30,33,40H,5,8-11,14,17,20-23,27-28H2,1-4H3/b37-26+,45-44-. The van der Waals surface area contributed by atoms with Gasteiger partial charge in [0.25, 0.3) is 0 Å². The van der Waals surface area contributed by atoms with Crippen LogP contribution in [0.4, 0.5) is 11.4 Å². The van der Waals surface area contributed by atoms with Crippen LogP contribution in [0, 0.1) is 17.8 Å².